The van der Waals surface area contributed by atoms with Crippen LogP contribution in [0.1, 0.15) is 22.3 Å². The van der Waals surface area contributed by atoms with Gasteiger partial charge in [0.1, 0.15) is 0 Å². The number of ether oxygens (including phenoxy) is 3. The summed E-state index contributed by atoms with van der Waals surface area (Å²) >= 11 is 0. The molecular weight excluding hydrogens is 338 g/mol. The monoisotopic (exact) mass is 359 g/mol. The van der Waals surface area contributed by atoms with E-state index in [9.17, 15) is 9.59 Å². The lowest BCUT2D eigenvalue weighted by Crippen LogP contribution is -2.13. The zero-order valence-corrected chi connectivity index (χ0v) is 14.9. The van der Waals surface area contributed by atoms with Gasteiger partial charge in [0.05, 0.1) is 26.9 Å². The van der Waals surface area contributed by atoms with Crippen molar-refractivity contribution in [3.63, 3.8) is 0 Å². The van der Waals surface area contributed by atoms with Gasteiger partial charge in [0, 0.05) is 12.1 Å². The standard InChI is InChI=1S/C19H21NO6/c1-24-15-10-6-12(17(25-2)18(15)26-3)7-11-16(21)20-14-8-4-13(5-9-14)19(22)23/h4-6,8-10H,7,11H2,1-3H3,(H,20,21)(H,22,23). The Hall–Kier alpha value is -3.22. The van der Waals surface area contributed by atoms with E-state index >= 15 is 0 Å². The van der Waals surface area contributed by atoms with E-state index in [1.807, 2.05) is 6.07 Å². The molecule has 0 saturated heterocycles. The van der Waals surface area contributed by atoms with Gasteiger partial charge in [-0.25, -0.2) is 4.79 Å². The van der Waals surface area contributed by atoms with Gasteiger partial charge in [0.25, 0.3) is 0 Å². The lowest BCUT2D eigenvalue weighted by Gasteiger charge is -2.15. The minimum atomic E-state index is -1.01. The van der Waals surface area contributed by atoms with Crippen LogP contribution in [0.15, 0.2) is 36.4 Å². The molecule has 0 aromatic heterocycles. The van der Waals surface area contributed by atoms with Gasteiger partial charge in [-0.05, 0) is 42.3 Å². The maximum absolute atomic E-state index is 12.2. The Morgan fingerprint density at radius 1 is 0.923 bits per heavy atom. The molecule has 0 saturated carbocycles. The number of carbonyl (C=O) groups excluding carboxylic acids is 1. The number of nitrogens with one attached hydrogen (secondary N) is 1. The first-order valence-electron chi connectivity index (χ1n) is 7.91. The molecule has 0 spiro atoms. The van der Waals surface area contributed by atoms with Gasteiger partial charge in [0.15, 0.2) is 11.5 Å². The first kappa shape index (κ1) is 19.1. The van der Waals surface area contributed by atoms with Crippen molar-refractivity contribution in [2.75, 3.05) is 26.6 Å². The van der Waals surface area contributed by atoms with Crippen LogP contribution in [0, 0.1) is 0 Å². The molecule has 0 aliphatic carbocycles. The van der Waals surface area contributed by atoms with E-state index in [2.05, 4.69) is 5.32 Å². The summed E-state index contributed by atoms with van der Waals surface area (Å²) in [6, 6.07) is 9.58. The summed E-state index contributed by atoms with van der Waals surface area (Å²) in [6.07, 6.45) is 0.676. The molecule has 0 aliphatic heterocycles. The van der Waals surface area contributed by atoms with Crippen LogP contribution in [-0.4, -0.2) is 38.3 Å². The van der Waals surface area contributed by atoms with Crippen molar-refractivity contribution in [1.82, 2.24) is 0 Å². The molecule has 7 nitrogen and oxygen atoms in total. The zero-order chi connectivity index (χ0) is 19.1. The average molecular weight is 359 g/mol. The highest BCUT2D eigenvalue weighted by Crippen LogP contribution is 2.40. The van der Waals surface area contributed by atoms with Crippen molar-refractivity contribution in [1.29, 1.82) is 0 Å². The van der Waals surface area contributed by atoms with Crippen molar-refractivity contribution in [3.05, 3.63) is 47.5 Å². The van der Waals surface area contributed by atoms with E-state index in [1.165, 1.54) is 26.4 Å². The lowest BCUT2D eigenvalue weighted by atomic mass is 10.1. The Kier molecular flexibility index (Phi) is 6.43. The van der Waals surface area contributed by atoms with E-state index < -0.39 is 5.97 Å². The second-order valence-corrected chi connectivity index (χ2v) is 5.42. The fourth-order valence-electron chi connectivity index (χ4n) is 2.53. The molecule has 26 heavy (non-hydrogen) atoms. The molecule has 2 aromatic carbocycles. The van der Waals surface area contributed by atoms with Crippen molar-refractivity contribution < 1.29 is 28.9 Å². The number of hydrogen-bond donors (Lipinski definition) is 2. The molecule has 0 radical (unpaired) electrons. The maximum Gasteiger partial charge on any atom is 0.335 e. The van der Waals surface area contributed by atoms with E-state index in [0.717, 1.165) is 5.56 Å². The number of aryl methyl sites for hydroxylation is 1. The van der Waals surface area contributed by atoms with Gasteiger partial charge >= 0.3 is 5.97 Å². The van der Waals surface area contributed by atoms with Gasteiger partial charge < -0.3 is 24.6 Å². The summed E-state index contributed by atoms with van der Waals surface area (Å²) in [5, 5.41) is 11.6. The highest BCUT2D eigenvalue weighted by atomic mass is 16.5. The molecule has 2 aromatic rings. The summed E-state index contributed by atoms with van der Waals surface area (Å²) in [5.41, 5.74) is 1.53. The SMILES string of the molecule is COc1ccc(CCC(=O)Nc2ccc(C(=O)O)cc2)c(OC)c1OC. The van der Waals surface area contributed by atoms with Crippen LogP contribution < -0.4 is 19.5 Å². The van der Waals surface area contributed by atoms with Crippen molar-refractivity contribution in [2.45, 2.75) is 12.8 Å². The lowest BCUT2D eigenvalue weighted by molar-refractivity contribution is -0.116. The molecule has 2 N–H and O–H groups in total. The van der Waals surface area contributed by atoms with Gasteiger partial charge in [-0.1, -0.05) is 6.07 Å². The normalized spacial score (nSPS) is 10.1. The highest BCUT2D eigenvalue weighted by Gasteiger charge is 2.16. The van der Waals surface area contributed by atoms with Crippen LogP contribution in [0.25, 0.3) is 0 Å². The quantitative estimate of drug-likeness (QED) is 0.752. The summed E-state index contributed by atoms with van der Waals surface area (Å²) in [4.78, 5) is 23.0. The third-order valence-electron chi connectivity index (χ3n) is 3.82. The van der Waals surface area contributed by atoms with Gasteiger partial charge in [0.2, 0.25) is 11.7 Å². The number of carboxylic acids is 1. The van der Waals surface area contributed by atoms with Crippen LogP contribution in [0.5, 0.6) is 17.2 Å². The molecule has 0 fully saturated rings. The number of rotatable bonds is 8. The Labute approximate surface area is 151 Å². The second-order valence-electron chi connectivity index (χ2n) is 5.42. The summed E-state index contributed by atoms with van der Waals surface area (Å²) < 4.78 is 16.0. The third-order valence-corrected chi connectivity index (χ3v) is 3.82. The molecule has 0 atom stereocenters. The number of methoxy groups -OCH3 is 3. The average Bonchev–Trinajstić information content (AvgIpc) is 2.65. The summed E-state index contributed by atoms with van der Waals surface area (Å²) in [5.74, 6) is 0.368. The number of aromatic carboxylic acids is 1. The number of carboxylic acid groups (broad SMARTS) is 1. The van der Waals surface area contributed by atoms with E-state index in [4.69, 9.17) is 19.3 Å². The highest BCUT2D eigenvalue weighted by molar-refractivity contribution is 5.92. The Morgan fingerprint density at radius 2 is 1.58 bits per heavy atom. The second kappa shape index (κ2) is 8.75. The predicted molar refractivity (Wildman–Crippen MR) is 96.5 cm³/mol. The maximum atomic E-state index is 12.2. The number of hydrogen-bond acceptors (Lipinski definition) is 5. The minimum absolute atomic E-state index is 0.165. The fourth-order valence-corrected chi connectivity index (χ4v) is 2.53. The topological polar surface area (TPSA) is 94.1 Å². The number of carbonyl (C=O) groups is 2. The molecule has 0 bridgehead atoms. The van der Waals surface area contributed by atoms with Crippen LogP contribution in [0.2, 0.25) is 0 Å². The zero-order valence-electron chi connectivity index (χ0n) is 14.9. The number of anilines is 1. The summed E-state index contributed by atoms with van der Waals surface area (Å²) in [6.45, 7) is 0. The number of amides is 1. The van der Waals surface area contributed by atoms with Gasteiger partial charge in [-0.2, -0.15) is 0 Å². The first-order valence-corrected chi connectivity index (χ1v) is 7.91. The largest absolute Gasteiger partial charge is 0.493 e. The number of benzene rings is 2. The smallest absolute Gasteiger partial charge is 0.335 e. The van der Waals surface area contributed by atoms with E-state index in [0.29, 0.717) is 29.4 Å². The molecule has 2 rings (SSSR count). The van der Waals surface area contributed by atoms with E-state index in [1.54, 1.807) is 25.3 Å². The molecular formula is C19H21NO6. The summed E-state index contributed by atoms with van der Waals surface area (Å²) in [7, 11) is 4.60. The molecule has 0 aliphatic rings. The van der Waals surface area contributed by atoms with Crippen molar-refractivity contribution in [2.24, 2.45) is 0 Å². The molecule has 0 unspecified atom stereocenters. The van der Waals surface area contributed by atoms with Crippen LogP contribution >= 0.6 is 0 Å². The van der Waals surface area contributed by atoms with E-state index in [-0.39, 0.29) is 17.9 Å². The molecule has 1 amide bonds. The van der Waals surface area contributed by atoms with Gasteiger partial charge in [-0.15, -0.1) is 0 Å². The molecule has 0 heterocycles. The van der Waals surface area contributed by atoms with Crippen LogP contribution in [0.4, 0.5) is 5.69 Å². The molecule has 138 valence electrons. The van der Waals surface area contributed by atoms with Crippen LogP contribution in [0.3, 0.4) is 0 Å². The predicted octanol–water partition coefficient (Wildman–Crippen LogP) is 2.98. The Bertz CT molecular complexity index is 785. The Balaban J connectivity index is 2.04. The molecule has 7 heteroatoms. The minimum Gasteiger partial charge on any atom is -0.493 e. The van der Waals surface area contributed by atoms with Crippen molar-refractivity contribution in [3.8, 4) is 17.2 Å². The van der Waals surface area contributed by atoms with Gasteiger partial charge in [-0.3, -0.25) is 4.79 Å². The fraction of sp³-hybridized carbons (Fsp3) is 0.263. The Morgan fingerprint density at radius 3 is 2.12 bits per heavy atom. The van der Waals surface area contributed by atoms with Crippen LogP contribution in [-0.2, 0) is 11.2 Å². The third kappa shape index (κ3) is 4.44. The first-order chi connectivity index (χ1) is 12.5. The van der Waals surface area contributed by atoms with Crippen molar-refractivity contribution >= 4 is 17.6 Å².